The number of rotatable bonds is 6. The normalized spacial score (nSPS) is 15.3. The smallest absolute Gasteiger partial charge is 0.226 e. The lowest BCUT2D eigenvalue weighted by molar-refractivity contribution is -0.120. The van der Waals surface area contributed by atoms with Gasteiger partial charge >= 0.3 is 0 Å². The fraction of sp³-hybridized carbons (Fsp3) is 0.300. The molecule has 7 heteroatoms. The number of carbonyl (C=O) groups excluding carboxylic acids is 2. The first-order chi connectivity index (χ1) is 13.0. The summed E-state index contributed by atoms with van der Waals surface area (Å²) in [5.41, 5.74) is 2.84. The fourth-order valence-corrected chi connectivity index (χ4v) is 5.87. The summed E-state index contributed by atoms with van der Waals surface area (Å²) in [7, 11) is 0. The van der Waals surface area contributed by atoms with Crippen molar-refractivity contribution in [2.24, 2.45) is 0 Å². The Kier molecular flexibility index (Phi) is 7.10. The Balaban J connectivity index is 1.67. The van der Waals surface area contributed by atoms with Crippen molar-refractivity contribution in [1.82, 2.24) is 5.32 Å². The molecular formula is C20H21ClN2O2S2. The van der Waals surface area contributed by atoms with Crippen LogP contribution in [0.4, 0.5) is 5.69 Å². The lowest BCUT2D eigenvalue weighted by Crippen LogP contribution is -2.29. The first kappa shape index (κ1) is 20.1. The lowest BCUT2D eigenvalue weighted by Gasteiger charge is -2.18. The number of carbonyl (C=O) groups is 2. The molecule has 1 aliphatic rings. The summed E-state index contributed by atoms with van der Waals surface area (Å²) >= 11 is 9.80. The van der Waals surface area contributed by atoms with E-state index in [0.717, 1.165) is 22.8 Å². The van der Waals surface area contributed by atoms with Gasteiger partial charge in [-0.15, -0.1) is 23.5 Å². The van der Waals surface area contributed by atoms with Crippen molar-refractivity contribution in [2.75, 3.05) is 16.8 Å². The number of halogens is 1. The van der Waals surface area contributed by atoms with Crippen LogP contribution >= 0.6 is 35.1 Å². The Morgan fingerprint density at radius 2 is 1.85 bits per heavy atom. The molecule has 2 N–H and O–H groups in total. The van der Waals surface area contributed by atoms with Crippen LogP contribution in [0.5, 0.6) is 0 Å². The fourth-order valence-electron chi connectivity index (χ4n) is 2.90. The van der Waals surface area contributed by atoms with Crippen molar-refractivity contribution >= 4 is 52.6 Å². The van der Waals surface area contributed by atoms with E-state index in [2.05, 4.69) is 16.7 Å². The van der Waals surface area contributed by atoms with E-state index in [4.69, 9.17) is 11.6 Å². The summed E-state index contributed by atoms with van der Waals surface area (Å²) < 4.78 is 0.433. The Morgan fingerprint density at radius 3 is 2.52 bits per heavy atom. The predicted molar refractivity (Wildman–Crippen MR) is 115 cm³/mol. The lowest BCUT2D eigenvalue weighted by atomic mass is 10.0. The minimum absolute atomic E-state index is 0.146. The van der Waals surface area contributed by atoms with Gasteiger partial charge in [-0.05, 0) is 35.4 Å². The van der Waals surface area contributed by atoms with Gasteiger partial charge in [0.1, 0.15) is 0 Å². The number of nitrogens with one attached hydrogen (secondary N) is 2. The highest BCUT2D eigenvalue weighted by atomic mass is 35.5. The number of thioether (sulfide) groups is 2. The molecule has 2 aromatic rings. The third-order valence-corrected chi connectivity index (χ3v) is 7.46. The van der Waals surface area contributed by atoms with Crippen LogP contribution in [0.15, 0.2) is 48.5 Å². The standard InChI is InChI=1S/C20H21ClN2O2S2/c1-13(24)22-18(14-5-7-16(21)8-6-14)12-19(25)23-17-4-2-3-15(11-17)20-26-9-10-27-20/h2-8,11,18,20H,9-10,12H2,1H3,(H,22,24)(H,23,25). The Bertz CT molecular complexity index is 808. The Hall–Kier alpha value is -1.63. The molecule has 0 aliphatic carbocycles. The van der Waals surface area contributed by atoms with Gasteiger partial charge in [0.15, 0.2) is 0 Å². The van der Waals surface area contributed by atoms with Crippen molar-refractivity contribution in [1.29, 1.82) is 0 Å². The molecule has 1 aliphatic heterocycles. The Labute approximate surface area is 172 Å². The first-order valence-electron chi connectivity index (χ1n) is 8.67. The van der Waals surface area contributed by atoms with Gasteiger partial charge in [0.2, 0.25) is 11.8 Å². The van der Waals surface area contributed by atoms with E-state index in [1.807, 2.05) is 53.9 Å². The minimum Gasteiger partial charge on any atom is -0.349 e. The van der Waals surface area contributed by atoms with Gasteiger partial charge in [0, 0.05) is 29.1 Å². The monoisotopic (exact) mass is 420 g/mol. The third kappa shape index (κ3) is 5.92. The van der Waals surface area contributed by atoms with Crippen molar-refractivity contribution in [2.45, 2.75) is 24.0 Å². The van der Waals surface area contributed by atoms with Gasteiger partial charge in [-0.1, -0.05) is 35.9 Å². The number of hydrogen-bond acceptors (Lipinski definition) is 4. The molecule has 4 nitrogen and oxygen atoms in total. The van der Waals surface area contributed by atoms with Gasteiger partial charge in [0.25, 0.3) is 0 Å². The summed E-state index contributed by atoms with van der Waals surface area (Å²) in [6, 6.07) is 14.7. The van der Waals surface area contributed by atoms with Crippen LogP contribution in [0, 0.1) is 0 Å². The zero-order valence-corrected chi connectivity index (χ0v) is 17.3. The molecule has 1 fully saturated rings. The summed E-state index contributed by atoms with van der Waals surface area (Å²) in [5.74, 6) is 1.99. The van der Waals surface area contributed by atoms with E-state index >= 15 is 0 Å². The maximum Gasteiger partial charge on any atom is 0.226 e. The van der Waals surface area contributed by atoms with Crippen LogP contribution in [0.1, 0.15) is 35.1 Å². The molecule has 0 radical (unpaired) electrons. The van der Waals surface area contributed by atoms with E-state index in [1.54, 1.807) is 12.1 Å². The van der Waals surface area contributed by atoms with Crippen LogP contribution in [-0.2, 0) is 9.59 Å². The number of amides is 2. The molecule has 0 saturated carbocycles. The minimum atomic E-state index is -0.399. The number of anilines is 1. The van der Waals surface area contributed by atoms with Crippen LogP contribution in [0.25, 0.3) is 0 Å². The first-order valence-corrected chi connectivity index (χ1v) is 11.1. The van der Waals surface area contributed by atoms with Gasteiger partial charge in [-0.2, -0.15) is 0 Å². The van der Waals surface area contributed by atoms with E-state index in [-0.39, 0.29) is 18.2 Å². The van der Waals surface area contributed by atoms with Crippen LogP contribution < -0.4 is 10.6 Å². The summed E-state index contributed by atoms with van der Waals surface area (Å²) in [6.45, 7) is 1.45. The maximum absolute atomic E-state index is 12.6. The molecule has 0 spiro atoms. The van der Waals surface area contributed by atoms with Gasteiger partial charge in [0.05, 0.1) is 17.0 Å². The molecule has 1 saturated heterocycles. The second-order valence-corrected chi connectivity index (χ2v) is 9.42. The van der Waals surface area contributed by atoms with E-state index in [1.165, 1.54) is 12.5 Å². The number of benzene rings is 2. The van der Waals surface area contributed by atoms with Crippen LogP contribution in [0.3, 0.4) is 0 Å². The van der Waals surface area contributed by atoms with E-state index < -0.39 is 6.04 Å². The Morgan fingerprint density at radius 1 is 1.15 bits per heavy atom. The summed E-state index contributed by atoms with van der Waals surface area (Å²) in [4.78, 5) is 24.1. The topological polar surface area (TPSA) is 58.2 Å². The second kappa shape index (κ2) is 9.53. The predicted octanol–water partition coefficient (Wildman–Crippen LogP) is 5.02. The third-order valence-electron chi connectivity index (χ3n) is 4.10. The highest BCUT2D eigenvalue weighted by molar-refractivity contribution is 8.19. The average Bonchev–Trinajstić information content (AvgIpc) is 3.16. The van der Waals surface area contributed by atoms with Crippen molar-refractivity contribution in [3.05, 3.63) is 64.7 Å². The molecule has 2 amide bonds. The van der Waals surface area contributed by atoms with Crippen molar-refractivity contribution in [3.8, 4) is 0 Å². The molecule has 27 heavy (non-hydrogen) atoms. The van der Waals surface area contributed by atoms with E-state index in [0.29, 0.717) is 9.60 Å². The molecule has 2 aromatic carbocycles. The highest BCUT2D eigenvalue weighted by Crippen LogP contribution is 2.45. The molecular weight excluding hydrogens is 400 g/mol. The van der Waals surface area contributed by atoms with Crippen molar-refractivity contribution in [3.63, 3.8) is 0 Å². The summed E-state index contributed by atoms with van der Waals surface area (Å²) in [6.07, 6.45) is 0.151. The second-order valence-electron chi connectivity index (χ2n) is 6.26. The molecule has 1 heterocycles. The molecule has 142 valence electrons. The quantitative estimate of drug-likeness (QED) is 0.688. The van der Waals surface area contributed by atoms with Gasteiger partial charge < -0.3 is 10.6 Å². The zero-order chi connectivity index (χ0) is 19.2. The maximum atomic E-state index is 12.6. The molecule has 0 bridgehead atoms. The van der Waals surface area contributed by atoms with Crippen LogP contribution in [0.2, 0.25) is 5.02 Å². The van der Waals surface area contributed by atoms with Crippen LogP contribution in [-0.4, -0.2) is 23.3 Å². The molecule has 3 rings (SSSR count). The van der Waals surface area contributed by atoms with E-state index in [9.17, 15) is 9.59 Å². The average molecular weight is 421 g/mol. The SMILES string of the molecule is CC(=O)NC(CC(=O)Nc1cccc(C2SCCS2)c1)c1ccc(Cl)cc1. The molecule has 1 atom stereocenters. The zero-order valence-electron chi connectivity index (χ0n) is 14.9. The van der Waals surface area contributed by atoms with Gasteiger partial charge in [-0.3, -0.25) is 9.59 Å². The summed E-state index contributed by atoms with van der Waals surface area (Å²) in [5, 5.41) is 6.41. The molecule has 0 aromatic heterocycles. The highest BCUT2D eigenvalue weighted by Gasteiger charge is 2.20. The van der Waals surface area contributed by atoms with Gasteiger partial charge in [-0.25, -0.2) is 0 Å². The molecule has 1 unspecified atom stereocenters. The largest absolute Gasteiger partial charge is 0.349 e. The number of hydrogen-bond donors (Lipinski definition) is 2. The van der Waals surface area contributed by atoms with Crippen molar-refractivity contribution < 1.29 is 9.59 Å².